The van der Waals surface area contributed by atoms with E-state index in [0.29, 0.717) is 0 Å². The lowest BCUT2D eigenvalue weighted by molar-refractivity contribution is 0.672. The fourth-order valence-electron chi connectivity index (χ4n) is 8.60. The van der Waals surface area contributed by atoms with E-state index >= 15 is 0 Å². The molecule has 0 saturated carbocycles. The second-order valence-corrected chi connectivity index (χ2v) is 13.6. The monoisotopic (exact) mass is 646 g/mol. The van der Waals surface area contributed by atoms with Crippen molar-refractivity contribution in [3.8, 4) is 33.4 Å². The van der Waals surface area contributed by atoms with Crippen molar-refractivity contribution < 1.29 is 4.42 Å². The SMILES string of the molecule is c1ccc2cc(-c3c4ccccc4c(-c4ccc(-c5cc6c7ccccc7oc6c6ccccc56)c5ccccc45)c4ccccc34)ccc2c1. The fraction of sp³-hybridized carbons (Fsp3) is 0. The lowest BCUT2D eigenvalue weighted by Crippen LogP contribution is -1.93. The van der Waals surface area contributed by atoms with E-state index in [2.05, 4.69) is 176 Å². The zero-order valence-corrected chi connectivity index (χ0v) is 27.7. The molecule has 236 valence electrons. The average Bonchev–Trinajstić information content (AvgIpc) is 3.58. The van der Waals surface area contributed by atoms with Crippen molar-refractivity contribution >= 4 is 75.8 Å². The number of para-hydroxylation sites is 1. The highest BCUT2D eigenvalue weighted by atomic mass is 16.3. The Morgan fingerprint density at radius 1 is 0.275 bits per heavy atom. The summed E-state index contributed by atoms with van der Waals surface area (Å²) in [5.74, 6) is 0. The van der Waals surface area contributed by atoms with Crippen LogP contribution in [0.5, 0.6) is 0 Å². The summed E-state index contributed by atoms with van der Waals surface area (Å²) >= 11 is 0. The van der Waals surface area contributed by atoms with Gasteiger partial charge in [-0.3, -0.25) is 0 Å². The van der Waals surface area contributed by atoms with Crippen LogP contribution in [0, 0.1) is 0 Å². The molecule has 11 rings (SSSR count). The molecule has 0 amide bonds. The zero-order chi connectivity index (χ0) is 33.5. The highest BCUT2D eigenvalue weighted by Gasteiger charge is 2.21. The molecule has 0 aliphatic heterocycles. The minimum Gasteiger partial charge on any atom is -0.455 e. The summed E-state index contributed by atoms with van der Waals surface area (Å²) in [7, 11) is 0. The van der Waals surface area contributed by atoms with Gasteiger partial charge in [-0.25, -0.2) is 0 Å². The summed E-state index contributed by atoms with van der Waals surface area (Å²) in [6.07, 6.45) is 0. The molecule has 0 aliphatic rings. The molecule has 0 bridgehead atoms. The Morgan fingerprint density at radius 2 is 0.765 bits per heavy atom. The highest BCUT2D eigenvalue weighted by Crippen LogP contribution is 2.48. The highest BCUT2D eigenvalue weighted by molar-refractivity contribution is 6.26. The van der Waals surface area contributed by atoms with Gasteiger partial charge in [-0.05, 0) is 100 Å². The molecule has 11 aromatic rings. The van der Waals surface area contributed by atoms with Crippen molar-refractivity contribution in [2.45, 2.75) is 0 Å². The van der Waals surface area contributed by atoms with Gasteiger partial charge in [0.05, 0.1) is 0 Å². The lowest BCUT2D eigenvalue weighted by atomic mass is 9.83. The first-order valence-corrected chi connectivity index (χ1v) is 17.6. The molecule has 51 heavy (non-hydrogen) atoms. The second-order valence-electron chi connectivity index (χ2n) is 13.6. The Hall–Kier alpha value is -6.70. The van der Waals surface area contributed by atoms with Crippen molar-refractivity contribution in [1.82, 2.24) is 0 Å². The van der Waals surface area contributed by atoms with Crippen LogP contribution in [0.1, 0.15) is 0 Å². The van der Waals surface area contributed by atoms with Crippen molar-refractivity contribution in [2.75, 3.05) is 0 Å². The minimum atomic E-state index is 0.918. The Kier molecular flexibility index (Phi) is 6.02. The largest absolute Gasteiger partial charge is 0.455 e. The maximum atomic E-state index is 6.47. The van der Waals surface area contributed by atoms with E-state index in [4.69, 9.17) is 4.42 Å². The van der Waals surface area contributed by atoms with Crippen LogP contribution in [0.3, 0.4) is 0 Å². The van der Waals surface area contributed by atoms with Gasteiger partial charge in [-0.2, -0.15) is 0 Å². The molecular weight excluding hydrogens is 617 g/mol. The van der Waals surface area contributed by atoms with E-state index in [1.807, 2.05) is 6.07 Å². The number of fused-ring (bicyclic) bond motifs is 9. The predicted octanol–water partition coefficient (Wildman–Crippen LogP) is 14.4. The van der Waals surface area contributed by atoms with E-state index in [-0.39, 0.29) is 0 Å². The molecule has 1 aromatic heterocycles. The van der Waals surface area contributed by atoms with Crippen molar-refractivity contribution in [2.24, 2.45) is 0 Å². The van der Waals surface area contributed by atoms with Gasteiger partial charge < -0.3 is 4.42 Å². The van der Waals surface area contributed by atoms with Gasteiger partial charge in [0.1, 0.15) is 11.2 Å². The maximum Gasteiger partial charge on any atom is 0.143 e. The van der Waals surface area contributed by atoms with E-state index in [1.54, 1.807) is 0 Å². The molecule has 1 nitrogen and oxygen atoms in total. The van der Waals surface area contributed by atoms with Crippen LogP contribution in [0.25, 0.3) is 109 Å². The summed E-state index contributed by atoms with van der Waals surface area (Å²) in [6.45, 7) is 0. The molecule has 0 fully saturated rings. The summed E-state index contributed by atoms with van der Waals surface area (Å²) in [5, 5.41) is 14.6. The third kappa shape index (κ3) is 4.16. The number of furan rings is 1. The summed E-state index contributed by atoms with van der Waals surface area (Å²) in [6, 6.07) is 66.4. The quantitative estimate of drug-likeness (QED) is 0.174. The Morgan fingerprint density at radius 3 is 1.45 bits per heavy atom. The lowest BCUT2D eigenvalue weighted by Gasteiger charge is -2.20. The minimum absolute atomic E-state index is 0.918. The standard InChI is InChI=1S/C50H30O/c1-2-14-32-29-33(26-25-31(32)13-1)48-39-19-6-8-21-41(39)49(42-22-9-7-20-40(42)48)43-28-27-37(34-15-3-4-16-35(34)43)45-30-46-38-18-11-12-24-47(38)51-50(46)44-23-10-5-17-36(44)45/h1-30H. The number of benzene rings is 10. The molecule has 0 atom stereocenters. The molecule has 0 unspecified atom stereocenters. The predicted molar refractivity (Wildman–Crippen MR) is 218 cm³/mol. The number of hydrogen-bond donors (Lipinski definition) is 0. The van der Waals surface area contributed by atoms with Crippen LogP contribution in [0.15, 0.2) is 186 Å². The Bertz CT molecular complexity index is 3140. The van der Waals surface area contributed by atoms with Gasteiger partial charge in [-0.15, -0.1) is 0 Å². The van der Waals surface area contributed by atoms with Gasteiger partial charge >= 0.3 is 0 Å². The van der Waals surface area contributed by atoms with Crippen molar-refractivity contribution in [1.29, 1.82) is 0 Å². The molecular formula is C50H30O. The maximum absolute atomic E-state index is 6.47. The van der Waals surface area contributed by atoms with Crippen LogP contribution in [0.2, 0.25) is 0 Å². The van der Waals surface area contributed by atoms with Crippen LogP contribution >= 0.6 is 0 Å². The third-order valence-corrected chi connectivity index (χ3v) is 10.8. The third-order valence-electron chi connectivity index (χ3n) is 10.8. The van der Waals surface area contributed by atoms with Gasteiger partial charge in [0.25, 0.3) is 0 Å². The van der Waals surface area contributed by atoms with Gasteiger partial charge in [-0.1, -0.05) is 164 Å². The molecule has 1 heterocycles. The molecule has 10 aromatic carbocycles. The second kappa shape index (κ2) is 10.9. The Labute approximate surface area is 294 Å². The first-order valence-electron chi connectivity index (χ1n) is 17.6. The van der Waals surface area contributed by atoms with Crippen LogP contribution in [-0.4, -0.2) is 0 Å². The van der Waals surface area contributed by atoms with Gasteiger partial charge in [0, 0.05) is 16.2 Å². The van der Waals surface area contributed by atoms with Crippen molar-refractivity contribution in [3.63, 3.8) is 0 Å². The molecule has 0 N–H and O–H groups in total. The molecule has 0 saturated heterocycles. The molecule has 0 radical (unpaired) electrons. The van der Waals surface area contributed by atoms with Crippen LogP contribution in [-0.2, 0) is 0 Å². The van der Waals surface area contributed by atoms with E-state index in [1.165, 1.54) is 81.9 Å². The van der Waals surface area contributed by atoms with E-state index in [0.717, 1.165) is 27.3 Å². The topological polar surface area (TPSA) is 13.1 Å². The van der Waals surface area contributed by atoms with Gasteiger partial charge in [0.2, 0.25) is 0 Å². The van der Waals surface area contributed by atoms with Gasteiger partial charge in [0.15, 0.2) is 0 Å². The Balaban J connectivity index is 1.21. The van der Waals surface area contributed by atoms with Crippen LogP contribution in [0.4, 0.5) is 0 Å². The number of hydrogen-bond acceptors (Lipinski definition) is 1. The molecule has 0 spiro atoms. The van der Waals surface area contributed by atoms with Crippen molar-refractivity contribution in [3.05, 3.63) is 182 Å². The van der Waals surface area contributed by atoms with E-state index in [9.17, 15) is 0 Å². The molecule has 1 heteroatoms. The summed E-state index contributed by atoms with van der Waals surface area (Å²) in [5.41, 5.74) is 9.33. The molecule has 0 aliphatic carbocycles. The normalized spacial score (nSPS) is 11.9. The summed E-state index contributed by atoms with van der Waals surface area (Å²) < 4.78 is 6.47. The van der Waals surface area contributed by atoms with E-state index < -0.39 is 0 Å². The average molecular weight is 647 g/mol. The number of rotatable bonds is 3. The first kappa shape index (κ1) is 28.2. The smallest absolute Gasteiger partial charge is 0.143 e. The fourth-order valence-corrected chi connectivity index (χ4v) is 8.60. The first-order chi connectivity index (χ1) is 25.3. The summed E-state index contributed by atoms with van der Waals surface area (Å²) in [4.78, 5) is 0. The zero-order valence-electron chi connectivity index (χ0n) is 27.7. The van der Waals surface area contributed by atoms with Crippen LogP contribution < -0.4 is 0 Å².